The summed E-state index contributed by atoms with van der Waals surface area (Å²) in [4.78, 5) is 11.3. The van der Waals surface area contributed by atoms with Crippen LogP contribution < -0.4 is 4.74 Å². The van der Waals surface area contributed by atoms with Crippen LogP contribution in [0.15, 0.2) is 42.5 Å². The molecule has 2 rings (SSSR count). The van der Waals surface area contributed by atoms with Crippen molar-refractivity contribution < 1.29 is 14.6 Å². The lowest BCUT2D eigenvalue weighted by Crippen LogP contribution is -2.12. The zero-order valence-electron chi connectivity index (χ0n) is 12.2. The van der Waals surface area contributed by atoms with Gasteiger partial charge in [0.2, 0.25) is 0 Å². The highest BCUT2D eigenvalue weighted by Crippen LogP contribution is 2.35. The second-order valence-corrected chi connectivity index (χ2v) is 6.23. The number of carbonyl (C=O) groups is 1. The molecule has 0 heterocycles. The van der Waals surface area contributed by atoms with Crippen LogP contribution in [0.2, 0.25) is 5.02 Å². The van der Waals surface area contributed by atoms with Crippen molar-refractivity contribution in [3.05, 3.63) is 58.6 Å². The van der Waals surface area contributed by atoms with Crippen molar-refractivity contribution >= 4 is 17.6 Å². The number of rotatable bonds is 3. The molecule has 0 aliphatic carbocycles. The normalized spacial score (nSPS) is 11.2. The van der Waals surface area contributed by atoms with E-state index in [0.29, 0.717) is 10.8 Å². The Kier molecular flexibility index (Phi) is 4.24. The highest BCUT2D eigenvalue weighted by molar-refractivity contribution is 6.31. The average molecular weight is 305 g/mol. The molecule has 0 unspecified atom stereocenters. The molecule has 0 radical (unpaired) electrons. The first-order valence-corrected chi connectivity index (χ1v) is 6.97. The Morgan fingerprint density at radius 2 is 1.76 bits per heavy atom. The van der Waals surface area contributed by atoms with Crippen LogP contribution >= 0.6 is 11.6 Å². The quantitative estimate of drug-likeness (QED) is 0.855. The van der Waals surface area contributed by atoms with Gasteiger partial charge in [-0.2, -0.15) is 0 Å². The first kappa shape index (κ1) is 15.4. The van der Waals surface area contributed by atoms with Crippen molar-refractivity contribution in [1.82, 2.24) is 0 Å². The summed E-state index contributed by atoms with van der Waals surface area (Å²) in [5, 5.41) is 9.62. The largest absolute Gasteiger partial charge is 0.478 e. The van der Waals surface area contributed by atoms with Gasteiger partial charge in [-0.1, -0.05) is 50.6 Å². The molecule has 3 nitrogen and oxygen atoms in total. The lowest BCUT2D eigenvalue weighted by atomic mass is 9.86. The molecule has 0 aliphatic heterocycles. The van der Waals surface area contributed by atoms with Gasteiger partial charge in [0.15, 0.2) is 0 Å². The van der Waals surface area contributed by atoms with E-state index in [1.54, 1.807) is 12.1 Å². The monoisotopic (exact) mass is 304 g/mol. The summed E-state index contributed by atoms with van der Waals surface area (Å²) < 4.78 is 5.84. The number of ether oxygens (including phenoxy) is 1. The molecule has 0 bridgehead atoms. The molecule has 0 aliphatic rings. The summed E-state index contributed by atoms with van der Waals surface area (Å²) in [5.41, 5.74) is 0.953. The molecule has 0 aromatic heterocycles. The first-order valence-electron chi connectivity index (χ1n) is 6.59. The number of carboxylic acids is 1. The average Bonchev–Trinajstić information content (AvgIpc) is 2.40. The Hall–Kier alpha value is -2.00. The minimum absolute atomic E-state index is 0.0474. The molecule has 110 valence electrons. The number of halogens is 1. The van der Waals surface area contributed by atoms with Crippen molar-refractivity contribution in [1.29, 1.82) is 0 Å². The molecule has 0 saturated carbocycles. The van der Waals surface area contributed by atoms with Crippen molar-refractivity contribution in [2.24, 2.45) is 0 Å². The zero-order valence-corrected chi connectivity index (χ0v) is 12.9. The smallest absolute Gasteiger partial charge is 0.339 e. The van der Waals surface area contributed by atoms with Crippen molar-refractivity contribution in [3.8, 4) is 11.5 Å². The number of para-hydroxylation sites is 1. The van der Waals surface area contributed by atoms with Gasteiger partial charge in [0, 0.05) is 10.6 Å². The van der Waals surface area contributed by atoms with E-state index in [4.69, 9.17) is 16.3 Å². The summed E-state index contributed by atoms with van der Waals surface area (Å²) >= 11 is 5.85. The molecule has 1 N–H and O–H groups in total. The van der Waals surface area contributed by atoms with E-state index < -0.39 is 5.97 Å². The summed E-state index contributed by atoms with van der Waals surface area (Å²) in [6.07, 6.45) is 0. The molecule has 2 aromatic rings. The Morgan fingerprint density at radius 3 is 2.38 bits per heavy atom. The van der Waals surface area contributed by atoms with Gasteiger partial charge in [0.05, 0.1) is 0 Å². The third kappa shape index (κ3) is 3.56. The van der Waals surface area contributed by atoms with Crippen LogP contribution in [-0.4, -0.2) is 11.1 Å². The second kappa shape index (κ2) is 5.78. The maximum absolute atomic E-state index is 11.3. The minimum atomic E-state index is -1.07. The second-order valence-electron chi connectivity index (χ2n) is 5.79. The van der Waals surface area contributed by atoms with Crippen LogP contribution in [-0.2, 0) is 5.41 Å². The number of benzene rings is 2. The van der Waals surface area contributed by atoms with Crippen LogP contribution in [0.3, 0.4) is 0 Å². The summed E-state index contributed by atoms with van der Waals surface area (Å²) in [5.74, 6) is -0.140. The topological polar surface area (TPSA) is 46.5 Å². The molecule has 0 spiro atoms. The Bertz CT molecular complexity index is 672. The SMILES string of the molecule is CC(C)(C)c1ccccc1Oc1ccc(Cl)cc1C(=O)O. The van der Waals surface area contributed by atoms with E-state index in [1.807, 2.05) is 24.3 Å². The summed E-state index contributed by atoms with van der Waals surface area (Å²) in [7, 11) is 0. The van der Waals surface area contributed by atoms with Crippen LogP contribution in [0.5, 0.6) is 11.5 Å². The molecular formula is C17H17ClO3. The predicted molar refractivity (Wildman–Crippen MR) is 83.6 cm³/mol. The van der Waals surface area contributed by atoms with E-state index in [9.17, 15) is 9.90 Å². The van der Waals surface area contributed by atoms with Gasteiger partial charge in [-0.25, -0.2) is 4.79 Å². The standard InChI is InChI=1S/C17H17ClO3/c1-17(2,3)13-6-4-5-7-15(13)21-14-9-8-11(18)10-12(14)16(19)20/h4-10H,1-3H3,(H,19,20). The Labute approximate surface area is 129 Å². The predicted octanol–water partition coefficient (Wildman–Crippen LogP) is 5.13. The van der Waals surface area contributed by atoms with Gasteiger partial charge in [-0.15, -0.1) is 0 Å². The number of hydrogen-bond donors (Lipinski definition) is 1. The van der Waals surface area contributed by atoms with Gasteiger partial charge < -0.3 is 9.84 Å². The van der Waals surface area contributed by atoms with Crippen molar-refractivity contribution in [3.63, 3.8) is 0 Å². The third-order valence-electron chi connectivity index (χ3n) is 3.09. The van der Waals surface area contributed by atoms with Crippen LogP contribution in [0, 0.1) is 0 Å². The molecule has 4 heteroatoms. The van der Waals surface area contributed by atoms with Gasteiger partial charge in [0.1, 0.15) is 17.1 Å². The highest BCUT2D eigenvalue weighted by Gasteiger charge is 2.20. The summed E-state index contributed by atoms with van der Waals surface area (Å²) in [6.45, 7) is 6.24. The maximum atomic E-state index is 11.3. The van der Waals surface area contributed by atoms with Crippen LogP contribution in [0.1, 0.15) is 36.7 Å². The van der Waals surface area contributed by atoms with E-state index in [0.717, 1.165) is 5.56 Å². The fraction of sp³-hybridized carbons (Fsp3) is 0.235. The van der Waals surface area contributed by atoms with E-state index >= 15 is 0 Å². The fourth-order valence-electron chi connectivity index (χ4n) is 2.05. The molecule has 0 atom stereocenters. The fourth-order valence-corrected chi connectivity index (χ4v) is 2.22. The number of aromatic carboxylic acids is 1. The van der Waals surface area contributed by atoms with Crippen LogP contribution in [0.4, 0.5) is 0 Å². The first-order chi connectivity index (χ1) is 9.79. The van der Waals surface area contributed by atoms with Crippen LogP contribution in [0.25, 0.3) is 0 Å². The maximum Gasteiger partial charge on any atom is 0.339 e. The molecule has 21 heavy (non-hydrogen) atoms. The van der Waals surface area contributed by atoms with E-state index in [-0.39, 0.29) is 16.7 Å². The molecular weight excluding hydrogens is 288 g/mol. The van der Waals surface area contributed by atoms with E-state index in [1.165, 1.54) is 6.07 Å². The van der Waals surface area contributed by atoms with Gasteiger partial charge >= 0.3 is 5.97 Å². The zero-order chi connectivity index (χ0) is 15.6. The number of carboxylic acid groups (broad SMARTS) is 1. The lowest BCUT2D eigenvalue weighted by Gasteiger charge is -2.22. The van der Waals surface area contributed by atoms with Gasteiger partial charge in [-0.05, 0) is 29.7 Å². The summed E-state index contributed by atoms with van der Waals surface area (Å²) in [6, 6.07) is 12.2. The molecule has 0 fully saturated rings. The number of hydrogen-bond acceptors (Lipinski definition) is 2. The third-order valence-corrected chi connectivity index (χ3v) is 3.32. The molecule has 0 amide bonds. The van der Waals surface area contributed by atoms with Crippen molar-refractivity contribution in [2.75, 3.05) is 0 Å². The van der Waals surface area contributed by atoms with E-state index in [2.05, 4.69) is 20.8 Å². The molecule has 2 aromatic carbocycles. The van der Waals surface area contributed by atoms with Crippen molar-refractivity contribution in [2.45, 2.75) is 26.2 Å². The Balaban J connectivity index is 2.47. The lowest BCUT2D eigenvalue weighted by molar-refractivity contribution is 0.0694. The molecule has 0 saturated heterocycles. The van der Waals surface area contributed by atoms with Gasteiger partial charge in [-0.3, -0.25) is 0 Å². The van der Waals surface area contributed by atoms with Gasteiger partial charge in [0.25, 0.3) is 0 Å². The highest BCUT2D eigenvalue weighted by atomic mass is 35.5. The minimum Gasteiger partial charge on any atom is -0.478 e. The Morgan fingerprint density at radius 1 is 1.10 bits per heavy atom.